The monoisotopic (exact) mass is 248 g/mol. The molecule has 2 rings (SSSR count). The lowest BCUT2D eigenvalue weighted by Crippen LogP contribution is -2.02. The van der Waals surface area contributed by atoms with Crippen LogP contribution in [0.25, 0.3) is 11.1 Å². The maximum atomic E-state index is 10.7. The van der Waals surface area contributed by atoms with Crippen molar-refractivity contribution in [1.29, 1.82) is 0 Å². The van der Waals surface area contributed by atoms with Gasteiger partial charge in [0.05, 0.1) is 6.42 Å². The van der Waals surface area contributed by atoms with E-state index in [1.807, 2.05) is 6.07 Å². The van der Waals surface area contributed by atoms with E-state index < -0.39 is 5.97 Å². The molecule has 0 aliphatic rings. The molecule has 5 heteroatoms. The molecular formula is C12H9ClN2O2. The van der Waals surface area contributed by atoms with Gasteiger partial charge in [-0.2, -0.15) is 0 Å². The smallest absolute Gasteiger partial charge is 0.307 e. The van der Waals surface area contributed by atoms with Gasteiger partial charge in [0.2, 0.25) is 0 Å². The largest absolute Gasteiger partial charge is 0.481 e. The molecule has 17 heavy (non-hydrogen) atoms. The molecule has 86 valence electrons. The van der Waals surface area contributed by atoms with Gasteiger partial charge in [-0.1, -0.05) is 17.7 Å². The second-order valence-corrected chi connectivity index (χ2v) is 3.84. The number of aromatic nitrogens is 2. The Kier molecular flexibility index (Phi) is 3.35. The maximum absolute atomic E-state index is 10.7. The van der Waals surface area contributed by atoms with Crippen LogP contribution in [0, 0.1) is 0 Å². The predicted molar refractivity (Wildman–Crippen MR) is 63.8 cm³/mol. The van der Waals surface area contributed by atoms with Crippen molar-refractivity contribution in [3.63, 3.8) is 0 Å². The number of rotatable bonds is 3. The van der Waals surface area contributed by atoms with Gasteiger partial charge in [0, 0.05) is 35.3 Å². The lowest BCUT2D eigenvalue weighted by molar-refractivity contribution is -0.136. The molecule has 2 heterocycles. The van der Waals surface area contributed by atoms with Crippen LogP contribution in [0.1, 0.15) is 5.56 Å². The molecule has 0 atom stereocenters. The number of hydrogen-bond acceptors (Lipinski definition) is 3. The summed E-state index contributed by atoms with van der Waals surface area (Å²) in [6.45, 7) is 0. The lowest BCUT2D eigenvalue weighted by atomic mass is 10.1. The minimum absolute atomic E-state index is 0.139. The van der Waals surface area contributed by atoms with Crippen LogP contribution < -0.4 is 0 Å². The quantitative estimate of drug-likeness (QED) is 0.848. The molecule has 1 N–H and O–H groups in total. The highest BCUT2D eigenvalue weighted by Crippen LogP contribution is 2.22. The van der Waals surface area contributed by atoms with Crippen molar-refractivity contribution in [3.8, 4) is 11.1 Å². The van der Waals surface area contributed by atoms with E-state index in [0.29, 0.717) is 5.56 Å². The lowest BCUT2D eigenvalue weighted by Gasteiger charge is -2.04. The standard InChI is InChI=1S/C12H9ClN2O2/c13-12-9(5-11(16)17)4-10(7-15-12)8-2-1-3-14-6-8/h1-4,6-7H,5H2,(H,16,17). The highest BCUT2D eigenvalue weighted by Gasteiger charge is 2.08. The molecule has 0 amide bonds. The number of pyridine rings is 2. The summed E-state index contributed by atoms with van der Waals surface area (Å²) in [5.74, 6) is -0.933. The van der Waals surface area contributed by atoms with Gasteiger partial charge in [-0.3, -0.25) is 9.78 Å². The molecule has 0 bridgehead atoms. The van der Waals surface area contributed by atoms with Crippen LogP contribution in [-0.4, -0.2) is 21.0 Å². The number of halogens is 1. The number of carbonyl (C=O) groups is 1. The molecule has 0 saturated heterocycles. The van der Waals surface area contributed by atoms with E-state index in [2.05, 4.69) is 9.97 Å². The summed E-state index contributed by atoms with van der Waals surface area (Å²) < 4.78 is 0. The van der Waals surface area contributed by atoms with Crippen LogP contribution in [0.5, 0.6) is 0 Å². The third kappa shape index (κ3) is 2.79. The third-order valence-electron chi connectivity index (χ3n) is 2.25. The van der Waals surface area contributed by atoms with E-state index in [9.17, 15) is 4.79 Å². The van der Waals surface area contributed by atoms with Crippen LogP contribution in [0.2, 0.25) is 5.15 Å². The summed E-state index contributed by atoms with van der Waals surface area (Å²) in [6, 6.07) is 5.41. The zero-order valence-corrected chi connectivity index (χ0v) is 9.55. The summed E-state index contributed by atoms with van der Waals surface area (Å²) in [7, 11) is 0. The second kappa shape index (κ2) is 4.93. The van der Waals surface area contributed by atoms with Crippen molar-refractivity contribution in [2.75, 3.05) is 0 Å². The Hall–Kier alpha value is -1.94. The van der Waals surface area contributed by atoms with Crippen LogP contribution in [0.3, 0.4) is 0 Å². The van der Waals surface area contributed by atoms with Crippen molar-refractivity contribution >= 4 is 17.6 Å². The molecule has 2 aromatic heterocycles. The summed E-state index contributed by atoms with van der Waals surface area (Å²) in [5.41, 5.74) is 2.18. The van der Waals surface area contributed by atoms with E-state index >= 15 is 0 Å². The average Bonchev–Trinajstić information content (AvgIpc) is 2.32. The van der Waals surface area contributed by atoms with Crippen LogP contribution >= 0.6 is 11.6 Å². The van der Waals surface area contributed by atoms with Crippen molar-refractivity contribution in [3.05, 3.63) is 47.5 Å². The maximum Gasteiger partial charge on any atom is 0.307 e. The molecule has 0 aromatic carbocycles. The fourth-order valence-electron chi connectivity index (χ4n) is 1.47. The zero-order valence-electron chi connectivity index (χ0n) is 8.80. The van der Waals surface area contributed by atoms with Crippen LogP contribution in [-0.2, 0) is 11.2 Å². The van der Waals surface area contributed by atoms with Gasteiger partial charge in [-0.05, 0) is 12.1 Å². The molecule has 0 saturated carbocycles. The Bertz CT molecular complexity index is 543. The molecular weight excluding hydrogens is 240 g/mol. The van der Waals surface area contributed by atoms with Gasteiger partial charge in [-0.15, -0.1) is 0 Å². The van der Waals surface area contributed by atoms with Crippen molar-refractivity contribution in [2.24, 2.45) is 0 Å². The van der Waals surface area contributed by atoms with Gasteiger partial charge >= 0.3 is 5.97 Å². The predicted octanol–water partition coefficient (Wildman–Crippen LogP) is 2.42. The van der Waals surface area contributed by atoms with Crippen molar-refractivity contribution in [2.45, 2.75) is 6.42 Å². The van der Waals surface area contributed by atoms with Gasteiger partial charge in [-0.25, -0.2) is 4.98 Å². The fourth-order valence-corrected chi connectivity index (χ4v) is 1.64. The van der Waals surface area contributed by atoms with E-state index in [-0.39, 0.29) is 11.6 Å². The molecule has 0 spiro atoms. The Morgan fingerprint density at radius 3 is 2.82 bits per heavy atom. The number of aliphatic carboxylic acids is 1. The first-order chi connectivity index (χ1) is 8.16. The first-order valence-corrected chi connectivity index (χ1v) is 5.31. The zero-order chi connectivity index (χ0) is 12.3. The van der Waals surface area contributed by atoms with Crippen LogP contribution in [0.4, 0.5) is 0 Å². The van der Waals surface area contributed by atoms with E-state index in [4.69, 9.17) is 16.7 Å². The van der Waals surface area contributed by atoms with Crippen molar-refractivity contribution in [1.82, 2.24) is 9.97 Å². The third-order valence-corrected chi connectivity index (χ3v) is 2.59. The summed E-state index contributed by atoms with van der Waals surface area (Å²) in [6.07, 6.45) is 4.82. The van der Waals surface area contributed by atoms with E-state index in [1.165, 1.54) is 0 Å². The molecule has 0 radical (unpaired) electrons. The summed E-state index contributed by atoms with van der Waals surface area (Å²) >= 11 is 5.84. The van der Waals surface area contributed by atoms with E-state index in [1.54, 1.807) is 30.7 Å². The Labute approximate surface area is 103 Å². The van der Waals surface area contributed by atoms with Gasteiger partial charge < -0.3 is 5.11 Å². The Balaban J connectivity index is 2.41. The Morgan fingerprint density at radius 1 is 1.35 bits per heavy atom. The van der Waals surface area contributed by atoms with Gasteiger partial charge in [0.25, 0.3) is 0 Å². The van der Waals surface area contributed by atoms with Crippen molar-refractivity contribution < 1.29 is 9.90 Å². The molecule has 0 aliphatic carbocycles. The summed E-state index contributed by atoms with van der Waals surface area (Å²) in [4.78, 5) is 18.6. The molecule has 0 fully saturated rings. The molecule has 4 nitrogen and oxygen atoms in total. The topological polar surface area (TPSA) is 63.1 Å². The minimum atomic E-state index is -0.933. The number of carboxylic acid groups (broad SMARTS) is 1. The first-order valence-electron chi connectivity index (χ1n) is 4.93. The number of nitrogens with zero attached hydrogens (tertiary/aromatic N) is 2. The van der Waals surface area contributed by atoms with Crippen LogP contribution in [0.15, 0.2) is 36.8 Å². The summed E-state index contributed by atoms with van der Waals surface area (Å²) in [5, 5.41) is 8.98. The molecule has 0 unspecified atom stereocenters. The van der Waals surface area contributed by atoms with Gasteiger partial charge in [0.15, 0.2) is 0 Å². The van der Waals surface area contributed by atoms with Gasteiger partial charge in [0.1, 0.15) is 5.15 Å². The highest BCUT2D eigenvalue weighted by atomic mass is 35.5. The highest BCUT2D eigenvalue weighted by molar-refractivity contribution is 6.30. The Morgan fingerprint density at radius 2 is 2.18 bits per heavy atom. The number of hydrogen-bond donors (Lipinski definition) is 1. The molecule has 0 aliphatic heterocycles. The second-order valence-electron chi connectivity index (χ2n) is 3.49. The normalized spacial score (nSPS) is 10.2. The SMILES string of the molecule is O=C(O)Cc1cc(-c2cccnc2)cnc1Cl. The number of carboxylic acids is 1. The van der Waals surface area contributed by atoms with E-state index in [0.717, 1.165) is 11.1 Å². The average molecular weight is 249 g/mol. The fraction of sp³-hybridized carbons (Fsp3) is 0.0833. The minimum Gasteiger partial charge on any atom is -0.481 e. The first kappa shape index (κ1) is 11.5. The molecule has 2 aromatic rings.